The zero-order valence-corrected chi connectivity index (χ0v) is 70.7. The Balaban J connectivity index is 0.000000513. The molecule has 7 heterocycles. The van der Waals surface area contributed by atoms with Gasteiger partial charge in [-0.2, -0.15) is 0 Å². The number of hydrogen-bond acceptors (Lipinski definition) is 22. The van der Waals surface area contributed by atoms with Crippen molar-refractivity contribution in [1.29, 1.82) is 0 Å². The summed E-state index contributed by atoms with van der Waals surface area (Å²) in [7, 11) is 4.60. The van der Waals surface area contributed by atoms with Gasteiger partial charge in [-0.3, -0.25) is 28.8 Å². The first-order valence-corrected chi connectivity index (χ1v) is 34.9. The van der Waals surface area contributed by atoms with Crippen molar-refractivity contribution in [2.45, 2.75) is 182 Å². The van der Waals surface area contributed by atoms with Crippen LogP contribution in [-0.4, -0.2) is 132 Å². The fraction of sp³-hybridized carbons (Fsp3) is 0.545. The smallest absolute Gasteiger partial charge is 0.870 e. The maximum Gasteiger partial charge on any atom is 1.00 e. The minimum Gasteiger partial charge on any atom is -0.870 e. The van der Waals surface area contributed by atoms with E-state index in [1.165, 1.54) is 18.2 Å². The molecule has 0 unspecified atom stereocenters. The number of hydrogen-bond donors (Lipinski definition) is 5. The number of rotatable bonds is 27. The van der Waals surface area contributed by atoms with E-state index >= 15 is 0 Å². The summed E-state index contributed by atoms with van der Waals surface area (Å²) in [5, 5.41) is 25.9. The largest absolute Gasteiger partial charge is 1.00 e. The first-order valence-electron chi connectivity index (χ1n) is 34.9. The number of anilines is 2. The molecular weight excluding hydrogens is 1470 g/mol. The van der Waals surface area contributed by atoms with E-state index in [4.69, 9.17) is 38.4 Å². The molecule has 2 aliphatic heterocycles. The number of pyridine rings is 5. The van der Waals surface area contributed by atoms with E-state index in [0.717, 1.165) is 118 Å². The summed E-state index contributed by atoms with van der Waals surface area (Å²) >= 11 is 0. The summed E-state index contributed by atoms with van der Waals surface area (Å²) in [6.45, 7) is 18.8. The molecule has 0 aromatic carbocycles. The summed E-state index contributed by atoms with van der Waals surface area (Å²) in [5.74, 6) is 2.77. The van der Waals surface area contributed by atoms with Crippen LogP contribution in [0.1, 0.15) is 197 Å². The van der Waals surface area contributed by atoms with Gasteiger partial charge in [0.2, 0.25) is 35.4 Å². The second-order valence-electron chi connectivity index (χ2n) is 28.1. The predicted octanol–water partition coefficient (Wildman–Crippen LogP) is 4.33. The van der Waals surface area contributed by atoms with Crippen LogP contribution in [0.3, 0.4) is 0 Å². The van der Waals surface area contributed by atoms with Crippen molar-refractivity contribution < 1.29 is 174 Å². The molecule has 568 valence electrons. The van der Waals surface area contributed by atoms with Gasteiger partial charge in [0.05, 0.1) is 84.2 Å². The zero-order valence-electron chi connectivity index (χ0n) is 64.1. The number of methoxy groups -OCH3 is 3. The van der Waals surface area contributed by atoms with Crippen molar-refractivity contribution in [2.24, 2.45) is 34.0 Å². The molecule has 25 nitrogen and oxygen atoms in total. The molecule has 105 heavy (non-hydrogen) atoms. The SMILES string of the molecule is CC(C)(C)[O-].CCOC(=O)C[C@H](NC(=O)C1(C)CC(C=Cc2ccc3c(n2)NCCC3)C1)c1ccc(OC)nc1.CCOC(=O)C[C@H](NC(=O)C1(C)CC(C=O)C1)c1ccc(OC)nc1.CCOC(=O)C[C@H](NC(=O)C1(C)CC(CCc2ccc3c(n2)NCCC3)C1)c1ccc(OC)nc1.[CH3-].[K+].[Na+].[OH-].[Pd]. The minimum absolute atomic E-state index is 0. The monoisotopic (exact) mass is 1580 g/mol. The normalized spacial score (nSPS) is 20.6. The first kappa shape index (κ1) is 95.3. The van der Waals surface area contributed by atoms with Crippen LogP contribution in [0.15, 0.2) is 85.3 Å². The van der Waals surface area contributed by atoms with Gasteiger partial charge < -0.3 is 77.8 Å². The van der Waals surface area contributed by atoms with Crippen molar-refractivity contribution in [2.75, 3.05) is 64.9 Å². The van der Waals surface area contributed by atoms with Gasteiger partial charge >= 0.3 is 98.8 Å². The molecule has 0 saturated heterocycles. The summed E-state index contributed by atoms with van der Waals surface area (Å²) in [4.78, 5) is 108. The van der Waals surface area contributed by atoms with E-state index in [2.05, 4.69) is 71.9 Å². The molecule has 0 spiro atoms. The van der Waals surface area contributed by atoms with Gasteiger partial charge in [0, 0.05) is 98.2 Å². The van der Waals surface area contributed by atoms with Gasteiger partial charge in [0.15, 0.2) is 0 Å². The summed E-state index contributed by atoms with van der Waals surface area (Å²) in [6.07, 6.45) is 20.6. The Labute approximate surface area is 698 Å². The maximum absolute atomic E-state index is 13.2. The Morgan fingerprint density at radius 1 is 0.581 bits per heavy atom. The number of carbonyl (C=O) groups is 7. The fourth-order valence-corrected chi connectivity index (χ4v) is 13.0. The second kappa shape index (κ2) is 45.9. The molecule has 3 fully saturated rings. The summed E-state index contributed by atoms with van der Waals surface area (Å²) in [5.41, 5.74) is 4.51. The number of allylic oxidation sites excluding steroid dienone is 1. The molecule has 5 aromatic rings. The Morgan fingerprint density at radius 2 is 0.943 bits per heavy atom. The topological polar surface area (TPSA) is 353 Å². The number of fused-ring (bicyclic) bond motifs is 2. The van der Waals surface area contributed by atoms with Crippen LogP contribution in [0.25, 0.3) is 6.08 Å². The summed E-state index contributed by atoms with van der Waals surface area (Å²) < 4.78 is 30.5. The van der Waals surface area contributed by atoms with Crippen LogP contribution in [0, 0.1) is 41.4 Å². The Hall–Kier alpha value is -5.80. The molecule has 28 heteroatoms. The molecule has 3 saturated carbocycles. The molecule has 6 N–H and O–H groups in total. The van der Waals surface area contributed by atoms with E-state index < -0.39 is 45.9 Å². The zero-order chi connectivity index (χ0) is 72.6. The van der Waals surface area contributed by atoms with Crippen LogP contribution in [0.4, 0.5) is 11.6 Å². The number of nitrogens with one attached hydrogen (secondary N) is 5. The van der Waals surface area contributed by atoms with Crippen LogP contribution >= 0.6 is 0 Å². The summed E-state index contributed by atoms with van der Waals surface area (Å²) in [6, 6.07) is 17.5. The van der Waals surface area contributed by atoms with Gasteiger partial charge in [0.1, 0.15) is 17.9 Å². The number of ether oxygens (including phenoxy) is 6. The van der Waals surface area contributed by atoms with Gasteiger partial charge in [-0.05, 0) is 156 Å². The first-order chi connectivity index (χ1) is 47.7. The van der Waals surface area contributed by atoms with Crippen LogP contribution in [-0.2, 0) is 87.5 Å². The van der Waals surface area contributed by atoms with E-state index in [-0.39, 0.29) is 176 Å². The molecule has 0 radical (unpaired) electrons. The third kappa shape index (κ3) is 29.6. The Bertz CT molecular complexity index is 3570. The van der Waals surface area contributed by atoms with Crippen molar-refractivity contribution in [1.82, 2.24) is 40.9 Å². The Kier molecular flexibility index (Phi) is 41.6. The average Bonchev–Trinajstić information content (AvgIpc) is 0.785. The molecule has 3 amide bonds. The van der Waals surface area contributed by atoms with Gasteiger partial charge in [0.25, 0.3) is 0 Å². The van der Waals surface area contributed by atoms with Gasteiger partial charge in [-0.1, -0.05) is 78.0 Å². The quantitative estimate of drug-likeness (QED) is 0.0161. The third-order valence-corrected chi connectivity index (χ3v) is 18.4. The number of esters is 3. The molecule has 5 aromatic heterocycles. The molecule has 10 rings (SSSR count). The van der Waals surface area contributed by atoms with Crippen molar-refractivity contribution >= 4 is 59.6 Å². The number of aromatic nitrogens is 5. The Morgan fingerprint density at radius 3 is 1.30 bits per heavy atom. The second-order valence-corrected chi connectivity index (χ2v) is 28.1. The molecule has 5 aliphatic rings. The third-order valence-electron chi connectivity index (χ3n) is 18.4. The maximum atomic E-state index is 13.2. The molecule has 3 atom stereocenters. The average molecular weight is 1580 g/mol. The van der Waals surface area contributed by atoms with E-state index in [9.17, 15) is 38.7 Å². The van der Waals surface area contributed by atoms with Gasteiger partial charge in [-0.15, -0.1) is 5.60 Å². The van der Waals surface area contributed by atoms with E-state index in [1.54, 1.807) is 98.6 Å². The molecular formula is C77H107KN10NaO15Pd-. The van der Waals surface area contributed by atoms with Crippen molar-refractivity contribution in [3.05, 3.63) is 132 Å². The minimum atomic E-state index is -0.750. The number of nitrogens with zero attached hydrogens (tertiary/aromatic N) is 5. The number of carbonyl (C=O) groups excluding carboxylic acids is 7. The molecule has 0 bridgehead atoms. The van der Waals surface area contributed by atoms with E-state index in [0.29, 0.717) is 61.1 Å². The van der Waals surface area contributed by atoms with Crippen molar-refractivity contribution in [3.63, 3.8) is 0 Å². The van der Waals surface area contributed by atoms with Crippen LogP contribution in [0.5, 0.6) is 17.6 Å². The number of amides is 3. The standard InChI is InChI=1S/C27H36N4O4.C27H34N4O4.C18H24N2O5.C4H9O.CH3.K.Na.H2O.Pd/c2*1-4-35-24(32)14-22(20-9-12-23(34-3)29-17-20)31-26(33)27(2)15-18(16-27)7-10-21-11-8-19-6-5-13-28-25(19)30-21;1-4-25-16(22)7-14(13-5-6-15(24-3)19-10-13)20-17(23)18(2)8-12(9-18)11-21;1-4(2,3)5;;;;;/h8-9,11-12,17-18,22H,4-7,10,13-16H2,1-3H3,(H,28,30)(H,31,33);7-12,17-18,22H,4-6,13-16H2,1-3H3,(H,28,30)(H,31,33);5-6,10-12,14H,4,7-9H2,1-3H3,(H,20,23);1-3H3;1H3;;;1H2;/q;;;2*-1;2*+1;;/p-1/t2*18?,22-,27?;12?,14-,18?;;;;;;/m000....../s1. The number of aldehydes is 1. The fourth-order valence-electron chi connectivity index (χ4n) is 13.0. The van der Waals surface area contributed by atoms with Crippen LogP contribution in [0.2, 0.25) is 0 Å². The molecule has 3 aliphatic carbocycles. The van der Waals surface area contributed by atoms with Gasteiger partial charge in [-0.25, -0.2) is 24.9 Å². The number of aryl methyl sites for hydroxylation is 3. The predicted molar refractivity (Wildman–Crippen MR) is 385 cm³/mol. The van der Waals surface area contributed by atoms with E-state index in [1.807, 2.05) is 39.0 Å². The van der Waals surface area contributed by atoms with Crippen LogP contribution < -0.4 is 127 Å². The van der Waals surface area contributed by atoms with Crippen molar-refractivity contribution in [3.8, 4) is 17.6 Å².